The van der Waals surface area contributed by atoms with Crippen LogP contribution in [0.5, 0.6) is 0 Å². The highest BCUT2D eigenvalue weighted by atomic mass is 35.5. The second-order valence-corrected chi connectivity index (χ2v) is 12.6. The lowest BCUT2D eigenvalue weighted by molar-refractivity contribution is -0.130. The average molecular weight is 539 g/mol. The topological polar surface area (TPSA) is 75.6 Å². The van der Waals surface area contributed by atoms with E-state index in [9.17, 15) is 21.6 Å². The Morgan fingerprint density at radius 1 is 1.06 bits per heavy atom. The quantitative estimate of drug-likeness (QED) is 0.411. The van der Waals surface area contributed by atoms with Crippen LogP contribution in [0, 0.1) is 23.7 Å². The zero-order chi connectivity index (χ0) is 25.1. The summed E-state index contributed by atoms with van der Waals surface area (Å²) >= 11 is 5.87. The average Bonchev–Trinajstić information content (AvgIpc) is 3.61. The number of ether oxygens (including phenoxy) is 1. The van der Waals surface area contributed by atoms with Crippen molar-refractivity contribution in [2.24, 2.45) is 23.7 Å². The third kappa shape index (κ3) is 7.90. The van der Waals surface area contributed by atoms with Crippen LogP contribution in [0.15, 0.2) is 12.4 Å². The minimum Gasteiger partial charge on any atom is -0.381 e. The highest BCUT2D eigenvalue weighted by Gasteiger charge is 2.43. The summed E-state index contributed by atoms with van der Waals surface area (Å²) in [6.45, 7) is 3.79. The molecule has 0 amide bonds. The van der Waals surface area contributed by atoms with Gasteiger partial charge in [0.05, 0.1) is 29.6 Å². The summed E-state index contributed by atoms with van der Waals surface area (Å²) in [5.41, 5.74) is 0. The maximum atomic E-state index is 12.4. The van der Waals surface area contributed by atoms with Crippen molar-refractivity contribution >= 4 is 27.6 Å². The molecule has 0 radical (unpaired) electrons. The molecule has 198 valence electrons. The number of sulfonamides is 1. The minimum atomic E-state index is -4.45. The fourth-order valence-electron chi connectivity index (χ4n) is 5.39. The van der Waals surface area contributed by atoms with Gasteiger partial charge in [0.2, 0.25) is 16.0 Å². The summed E-state index contributed by atoms with van der Waals surface area (Å²) in [6, 6.07) is 0. The van der Waals surface area contributed by atoms with Crippen LogP contribution in [0.25, 0.3) is 0 Å². The molecule has 1 saturated carbocycles. The van der Waals surface area contributed by atoms with Crippen LogP contribution >= 0.6 is 11.6 Å². The van der Waals surface area contributed by atoms with Gasteiger partial charge in [-0.25, -0.2) is 22.7 Å². The Balaban J connectivity index is 1.07. The van der Waals surface area contributed by atoms with Gasteiger partial charge >= 0.3 is 6.18 Å². The molecular weight excluding hydrogens is 505 g/mol. The molecule has 1 aromatic rings. The van der Waals surface area contributed by atoms with Crippen molar-refractivity contribution in [2.75, 3.05) is 50.0 Å². The lowest BCUT2D eigenvalue weighted by Crippen LogP contribution is -2.41. The van der Waals surface area contributed by atoms with Crippen molar-refractivity contribution in [3.63, 3.8) is 0 Å². The van der Waals surface area contributed by atoms with Gasteiger partial charge in [0.25, 0.3) is 0 Å². The second kappa shape index (κ2) is 11.5. The fraction of sp³-hybridized carbons (Fsp3) is 0.826. The number of hydrogen-bond acceptors (Lipinski definition) is 6. The number of nitrogens with zero attached hydrogens (tertiary/aromatic N) is 4. The van der Waals surface area contributed by atoms with E-state index < -0.39 is 28.4 Å². The molecule has 1 aliphatic carbocycles. The molecule has 3 fully saturated rings. The van der Waals surface area contributed by atoms with Crippen LogP contribution < -0.4 is 4.90 Å². The summed E-state index contributed by atoms with van der Waals surface area (Å²) < 4.78 is 68.4. The van der Waals surface area contributed by atoms with E-state index in [-0.39, 0.29) is 19.0 Å². The van der Waals surface area contributed by atoms with Crippen LogP contribution in [0.1, 0.15) is 44.9 Å². The largest absolute Gasteiger partial charge is 0.390 e. The summed E-state index contributed by atoms with van der Waals surface area (Å²) in [5, 5.41) is 0.546. The van der Waals surface area contributed by atoms with Gasteiger partial charge in [-0.2, -0.15) is 13.2 Å². The standard InChI is InChI=1S/C23H34ClF3N4O3S/c24-20-14-28-22(29-15-20)30-7-3-18(4-8-30)21-13-19(21)5-11-34-16-17-1-9-31(10-2-17)35(32,33)12-6-23(25,26)27/h14-15,17-19,21H,1-13,16H2. The van der Waals surface area contributed by atoms with E-state index in [1.807, 2.05) is 0 Å². The zero-order valence-corrected chi connectivity index (χ0v) is 21.4. The van der Waals surface area contributed by atoms with Gasteiger partial charge in [0.15, 0.2) is 0 Å². The molecule has 2 aliphatic heterocycles. The predicted molar refractivity (Wildman–Crippen MR) is 128 cm³/mol. The normalized spacial score (nSPS) is 25.2. The summed E-state index contributed by atoms with van der Waals surface area (Å²) in [7, 11) is -3.85. The van der Waals surface area contributed by atoms with E-state index in [2.05, 4.69) is 14.9 Å². The maximum absolute atomic E-state index is 12.4. The van der Waals surface area contributed by atoms with Crippen molar-refractivity contribution < 1.29 is 26.3 Å². The molecule has 2 unspecified atom stereocenters. The number of rotatable bonds is 10. The lowest BCUT2D eigenvalue weighted by atomic mass is 9.90. The van der Waals surface area contributed by atoms with Gasteiger partial charge in [0.1, 0.15) is 0 Å². The van der Waals surface area contributed by atoms with Gasteiger partial charge in [-0.3, -0.25) is 0 Å². The van der Waals surface area contributed by atoms with Crippen molar-refractivity contribution in [1.29, 1.82) is 0 Å². The number of aromatic nitrogens is 2. The van der Waals surface area contributed by atoms with Crippen molar-refractivity contribution in [3.05, 3.63) is 17.4 Å². The SMILES string of the molecule is O=S(=O)(CCC(F)(F)F)N1CCC(COCCC2CC2C2CCN(c3ncc(Cl)cn3)CC2)CC1. The molecule has 1 aromatic heterocycles. The van der Waals surface area contributed by atoms with Crippen LogP contribution in [-0.4, -0.2) is 74.0 Å². The maximum Gasteiger partial charge on any atom is 0.390 e. The molecule has 0 aromatic carbocycles. The third-order valence-corrected chi connectivity index (χ3v) is 9.68. The van der Waals surface area contributed by atoms with E-state index >= 15 is 0 Å². The molecule has 3 heterocycles. The number of hydrogen-bond donors (Lipinski definition) is 0. The monoisotopic (exact) mass is 538 g/mol. The molecule has 3 aliphatic rings. The van der Waals surface area contributed by atoms with Gasteiger partial charge < -0.3 is 9.64 Å². The van der Waals surface area contributed by atoms with Crippen LogP contribution in [-0.2, 0) is 14.8 Å². The Bertz CT molecular complexity index is 919. The molecule has 7 nitrogen and oxygen atoms in total. The van der Waals surface area contributed by atoms with E-state index in [4.69, 9.17) is 16.3 Å². The summed E-state index contributed by atoms with van der Waals surface area (Å²) in [6.07, 6.45) is 3.40. The molecule has 2 saturated heterocycles. The van der Waals surface area contributed by atoms with E-state index in [1.54, 1.807) is 12.4 Å². The van der Waals surface area contributed by atoms with E-state index in [1.165, 1.54) is 10.7 Å². The minimum absolute atomic E-state index is 0.262. The molecular formula is C23H34ClF3N4O3S. The molecule has 35 heavy (non-hydrogen) atoms. The first-order chi connectivity index (χ1) is 16.6. The molecule has 12 heteroatoms. The van der Waals surface area contributed by atoms with Crippen molar-refractivity contribution in [3.8, 4) is 0 Å². The van der Waals surface area contributed by atoms with Crippen LogP contribution in [0.4, 0.5) is 19.1 Å². The van der Waals surface area contributed by atoms with Gasteiger partial charge in [-0.15, -0.1) is 0 Å². The third-order valence-electron chi connectivity index (χ3n) is 7.61. The fourth-order valence-corrected chi connectivity index (χ4v) is 7.00. The zero-order valence-electron chi connectivity index (χ0n) is 19.8. The Morgan fingerprint density at radius 3 is 2.34 bits per heavy atom. The van der Waals surface area contributed by atoms with E-state index in [0.29, 0.717) is 31.1 Å². The van der Waals surface area contributed by atoms with E-state index in [0.717, 1.165) is 56.1 Å². The predicted octanol–water partition coefficient (Wildman–Crippen LogP) is 4.38. The second-order valence-electron chi connectivity index (χ2n) is 10.1. The van der Waals surface area contributed by atoms with Crippen LogP contribution in [0.2, 0.25) is 5.02 Å². The van der Waals surface area contributed by atoms with Gasteiger partial charge in [-0.1, -0.05) is 11.6 Å². The molecule has 0 spiro atoms. The number of anilines is 1. The molecule has 2 atom stereocenters. The van der Waals surface area contributed by atoms with Crippen molar-refractivity contribution in [2.45, 2.75) is 51.1 Å². The van der Waals surface area contributed by atoms with Crippen LogP contribution in [0.3, 0.4) is 0 Å². The molecule has 0 bridgehead atoms. The Morgan fingerprint density at radius 2 is 1.71 bits per heavy atom. The Labute approximate surface area is 210 Å². The molecule has 4 rings (SSSR count). The first kappa shape index (κ1) is 26.9. The summed E-state index contributed by atoms with van der Waals surface area (Å²) in [4.78, 5) is 10.9. The lowest BCUT2D eigenvalue weighted by Gasteiger charge is -2.32. The summed E-state index contributed by atoms with van der Waals surface area (Å²) in [5.74, 6) is 2.38. The highest BCUT2D eigenvalue weighted by molar-refractivity contribution is 7.89. The smallest absolute Gasteiger partial charge is 0.381 e. The Hall–Kier alpha value is -1.17. The number of piperidine rings is 2. The first-order valence-electron chi connectivity index (χ1n) is 12.5. The van der Waals surface area contributed by atoms with Crippen molar-refractivity contribution in [1.82, 2.24) is 14.3 Å². The number of halogens is 4. The van der Waals surface area contributed by atoms with Gasteiger partial charge in [-0.05, 0) is 62.2 Å². The molecule has 0 N–H and O–H groups in total. The highest BCUT2D eigenvalue weighted by Crippen LogP contribution is 2.49. The first-order valence-corrected chi connectivity index (χ1v) is 14.4. The van der Waals surface area contributed by atoms with Gasteiger partial charge in [0, 0.05) is 39.4 Å². The number of alkyl halides is 3. The Kier molecular flexibility index (Phi) is 8.82.